The molecule has 0 aromatic carbocycles. The van der Waals surface area contributed by atoms with E-state index in [1.54, 1.807) is 0 Å². The average Bonchev–Trinajstić information content (AvgIpc) is 2.01. The summed E-state index contributed by atoms with van der Waals surface area (Å²) in [5.74, 6) is 0. The van der Waals surface area contributed by atoms with Gasteiger partial charge < -0.3 is 4.74 Å². The minimum atomic E-state index is 0.323. The van der Waals surface area contributed by atoms with Gasteiger partial charge in [-0.2, -0.15) is 0 Å². The van der Waals surface area contributed by atoms with Gasteiger partial charge in [0.15, 0.2) is 0 Å². The Morgan fingerprint density at radius 2 is 1.54 bits per heavy atom. The van der Waals surface area contributed by atoms with Crippen molar-refractivity contribution >= 4 is 0 Å². The molecule has 0 N–H and O–H groups in total. The number of unbranched alkanes of at least 4 members (excludes halogenated alkanes) is 4. The number of ether oxygens (including phenoxy) is 1. The van der Waals surface area contributed by atoms with Gasteiger partial charge in [-0.15, -0.1) is 0 Å². The van der Waals surface area contributed by atoms with Gasteiger partial charge in [-0.1, -0.05) is 53.4 Å². The first-order valence-corrected chi connectivity index (χ1v) is 5.64. The Labute approximate surface area is 83.9 Å². The Kier molecular flexibility index (Phi) is 7.35. The van der Waals surface area contributed by atoms with Crippen molar-refractivity contribution in [2.75, 3.05) is 13.2 Å². The van der Waals surface area contributed by atoms with E-state index in [9.17, 15) is 0 Å². The molecule has 0 aliphatic carbocycles. The predicted octanol–water partition coefficient (Wildman–Crippen LogP) is 4.02. The molecule has 0 aliphatic heterocycles. The van der Waals surface area contributed by atoms with Crippen molar-refractivity contribution in [1.82, 2.24) is 0 Å². The standard InChI is InChI=1S/C12H26O/c1-5-6-7-8-9-10-13-11-12(2,3)4/h5-11H2,1-4H3. The molecule has 13 heavy (non-hydrogen) atoms. The van der Waals surface area contributed by atoms with Gasteiger partial charge in [0.25, 0.3) is 0 Å². The minimum Gasteiger partial charge on any atom is -0.381 e. The van der Waals surface area contributed by atoms with Crippen LogP contribution in [0.3, 0.4) is 0 Å². The van der Waals surface area contributed by atoms with Crippen LogP contribution >= 0.6 is 0 Å². The zero-order chi connectivity index (χ0) is 10.2. The SMILES string of the molecule is CCCCCCCOCC(C)(C)C. The van der Waals surface area contributed by atoms with Gasteiger partial charge in [0, 0.05) is 6.61 Å². The molecule has 0 aromatic heterocycles. The lowest BCUT2D eigenvalue weighted by atomic mass is 9.99. The summed E-state index contributed by atoms with van der Waals surface area (Å²) in [5, 5.41) is 0. The fourth-order valence-electron chi connectivity index (χ4n) is 1.19. The fourth-order valence-corrected chi connectivity index (χ4v) is 1.19. The molecule has 0 unspecified atom stereocenters. The quantitative estimate of drug-likeness (QED) is 0.546. The van der Waals surface area contributed by atoms with Crippen molar-refractivity contribution < 1.29 is 4.74 Å². The predicted molar refractivity (Wildman–Crippen MR) is 59.0 cm³/mol. The zero-order valence-electron chi connectivity index (χ0n) is 9.86. The Morgan fingerprint density at radius 1 is 0.923 bits per heavy atom. The van der Waals surface area contributed by atoms with Crippen LogP contribution in [0.4, 0.5) is 0 Å². The normalized spacial score (nSPS) is 12.0. The van der Waals surface area contributed by atoms with Crippen LogP contribution in [0.25, 0.3) is 0 Å². The van der Waals surface area contributed by atoms with E-state index in [1.165, 1.54) is 32.1 Å². The molecule has 0 heterocycles. The van der Waals surface area contributed by atoms with Crippen molar-refractivity contribution in [2.45, 2.75) is 59.8 Å². The summed E-state index contributed by atoms with van der Waals surface area (Å²) >= 11 is 0. The van der Waals surface area contributed by atoms with Crippen molar-refractivity contribution in [2.24, 2.45) is 5.41 Å². The number of hydrogen-bond donors (Lipinski definition) is 0. The molecule has 0 fully saturated rings. The van der Waals surface area contributed by atoms with E-state index in [1.807, 2.05) is 0 Å². The smallest absolute Gasteiger partial charge is 0.0514 e. The Morgan fingerprint density at radius 3 is 2.08 bits per heavy atom. The number of hydrogen-bond acceptors (Lipinski definition) is 1. The lowest BCUT2D eigenvalue weighted by molar-refractivity contribution is 0.0686. The highest BCUT2D eigenvalue weighted by molar-refractivity contribution is 4.58. The molecule has 0 radical (unpaired) electrons. The van der Waals surface area contributed by atoms with E-state index < -0.39 is 0 Å². The van der Waals surface area contributed by atoms with Gasteiger partial charge in [-0.05, 0) is 11.8 Å². The summed E-state index contributed by atoms with van der Waals surface area (Å²) in [5.41, 5.74) is 0.323. The van der Waals surface area contributed by atoms with E-state index in [0.29, 0.717) is 5.41 Å². The van der Waals surface area contributed by atoms with E-state index in [-0.39, 0.29) is 0 Å². The molecule has 0 amide bonds. The molecule has 0 bridgehead atoms. The Balaban J connectivity index is 3.00. The summed E-state index contributed by atoms with van der Waals surface area (Å²) in [7, 11) is 0. The molecule has 0 atom stereocenters. The van der Waals surface area contributed by atoms with Gasteiger partial charge in [0.1, 0.15) is 0 Å². The lowest BCUT2D eigenvalue weighted by Gasteiger charge is -2.17. The summed E-state index contributed by atoms with van der Waals surface area (Å²) in [4.78, 5) is 0. The van der Waals surface area contributed by atoms with Gasteiger partial charge in [0.05, 0.1) is 6.61 Å². The van der Waals surface area contributed by atoms with Crippen LogP contribution in [-0.4, -0.2) is 13.2 Å². The van der Waals surface area contributed by atoms with Crippen molar-refractivity contribution in [1.29, 1.82) is 0 Å². The highest BCUT2D eigenvalue weighted by Gasteiger charge is 2.09. The second-order valence-corrected chi connectivity index (χ2v) is 5.03. The maximum Gasteiger partial charge on any atom is 0.0514 e. The lowest BCUT2D eigenvalue weighted by Crippen LogP contribution is -2.14. The van der Waals surface area contributed by atoms with Gasteiger partial charge in [0.2, 0.25) is 0 Å². The highest BCUT2D eigenvalue weighted by atomic mass is 16.5. The van der Waals surface area contributed by atoms with Gasteiger partial charge >= 0.3 is 0 Å². The Hall–Kier alpha value is -0.0400. The first-order chi connectivity index (χ1) is 6.06. The van der Waals surface area contributed by atoms with Gasteiger partial charge in [-0.3, -0.25) is 0 Å². The largest absolute Gasteiger partial charge is 0.381 e. The summed E-state index contributed by atoms with van der Waals surface area (Å²) < 4.78 is 5.58. The van der Waals surface area contributed by atoms with Crippen LogP contribution < -0.4 is 0 Å². The molecule has 0 rings (SSSR count). The fraction of sp³-hybridized carbons (Fsp3) is 1.00. The molecule has 0 aromatic rings. The second-order valence-electron chi connectivity index (χ2n) is 5.03. The van der Waals surface area contributed by atoms with Gasteiger partial charge in [-0.25, -0.2) is 0 Å². The molecule has 1 heteroatoms. The van der Waals surface area contributed by atoms with Crippen LogP contribution in [0.15, 0.2) is 0 Å². The first-order valence-electron chi connectivity index (χ1n) is 5.64. The van der Waals surface area contributed by atoms with Crippen molar-refractivity contribution in [3.05, 3.63) is 0 Å². The third-order valence-corrected chi connectivity index (χ3v) is 1.93. The highest BCUT2D eigenvalue weighted by Crippen LogP contribution is 2.13. The number of rotatable bonds is 7. The summed E-state index contributed by atoms with van der Waals surface area (Å²) in [6.07, 6.45) is 6.63. The molecule has 0 saturated heterocycles. The van der Waals surface area contributed by atoms with E-state index in [0.717, 1.165) is 13.2 Å². The van der Waals surface area contributed by atoms with Crippen molar-refractivity contribution in [3.63, 3.8) is 0 Å². The maximum atomic E-state index is 5.58. The molecule has 0 saturated carbocycles. The second kappa shape index (κ2) is 7.37. The molecule has 1 nitrogen and oxygen atoms in total. The third kappa shape index (κ3) is 12.0. The Bertz CT molecular complexity index is 102. The molecule has 80 valence electrons. The zero-order valence-corrected chi connectivity index (χ0v) is 9.86. The van der Waals surface area contributed by atoms with E-state index in [2.05, 4.69) is 27.7 Å². The molecule has 0 aliphatic rings. The molecular weight excluding hydrogens is 160 g/mol. The van der Waals surface area contributed by atoms with E-state index in [4.69, 9.17) is 4.74 Å². The molecule has 0 spiro atoms. The average molecular weight is 186 g/mol. The van der Waals surface area contributed by atoms with Crippen LogP contribution in [-0.2, 0) is 4.74 Å². The topological polar surface area (TPSA) is 9.23 Å². The van der Waals surface area contributed by atoms with Crippen LogP contribution in [0.5, 0.6) is 0 Å². The van der Waals surface area contributed by atoms with Crippen LogP contribution in [0.2, 0.25) is 0 Å². The first kappa shape index (κ1) is 13.0. The van der Waals surface area contributed by atoms with E-state index >= 15 is 0 Å². The monoisotopic (exact) mass is 186 g/mol. The van der Waals surface area contributed by atoms with Crippen LogP contribution in [0, 0.1) is 5.41 Å². The summed E-state index contributed by atoms with van der Waals surface area (Å²) in [6.45, 7) is 10.7. The molecular formula is C12H26O. The maximum absolute atomic E-state index is 5.58. The van der Waals surface area contributed by atoms with Crippen LogP contribution in [0.1, 0.15) is 59.8 Å². The van der Waals surface area contributed by atoms with Crippen molar-refractivity contribution in [3.8, 4) is 0 Å². The summed E-state index contributed by atoms with van der Waals surface area (Å²) in [6, 6.07) is 0. The third-order valence-electron chi connectivity index (χ3n) is 1.93. The minimum absolute atomic E-state index is 0.323.